The van der Waals surface area contributed by atoms with Crippen molar-refractivity contribution in [1.82, 2.24) is 9.78 Å². The third-order valence-electron chi connectivity index (χ3n) is 3.99. The first-order valence-electron chi connectivity index (χ1n) is 8.66. The van der Waals surface area contributed by atoms with Crippen LogP contribution in [-0.2, 0) is 6.61 Å². The number of hydrogen-bond acceptors (Lipinski definition) is 3. The first kappa shape index (κ1) is 17.7. The van der Waals surface area contributed by atoms with E-state index in [0.29, 0.717) is 12.2 Å². The van der Waals surface area contributed by atoms with Gasteiger partial charge in [0.15, 0.2) is 5.78 Å². The van der Waals surface area contributed by atoms with Crippen LogP contribution in [-0.4, -0.2) is 15.6 Å². The predicted molar refractivity (Wildman–Crippen MR) is 103 cm³/mol. The molecule has 0 amide bonds. The van der Waals surface area contributed by atoms with E-state index >= 15 is 0 Å². The summed E-state index contributed by atoms with van der Waals surface area (Å²) in [5.74, 6) is 0.674. The summed E-state index contributed by atoms with van der Waals surface area (Å²) in [6, 6.07) is 17.9. The fraction of sp³-hybridized carbons (Fsp3) is 0.182. The van der Waals surface area contributed by atoms with Gasteiger partial charge in [0.1, 0.15) is 12.4 Å². The van der Waals surface area contributed by atoms with Crippen LogP contribution in [0.1, 0.15) is 41.4 Å². The van der Waals surface area contributed by atoms with Crippen molar-refractivity contribution in [3.8, 4) is 5.75 Å². The fourth-order valence-electron chi connectivity index (χ4n) is 2.49. The molecule has 0 saturated carbocycles. The molecule has 0 radical (unpaired) electrons. The summed E-state index contributed by atoms with van der Waals surface area (Å²) < 4.78 is 7.69. The Hall–Kier alpha value is -3.14. The number of allylic oxidation sites excluding steroid dienone is 1. The molecule has 1 aromatic heterocycles. The van der Waals surface area contributed by atoms with Crippen LogP contribution in [0.15, 0.2) is 73.1 Å². The molecule has 4 heteroatoms. The Morgan fingerprint density at radius 1 is 1.12 bits per heavy atom. The van der Waals surface area contributed by atoms with E-state index in [1.54, 1.807) is 29.2 Å². The highest BCUT2D eigenvalue weighted by molar-refractivity contribution is 6.06. The molecule has 0 spiro atoms. The average Bonchev–Trinajstić information content (AvgIpc) is 3.16. The van der Waals surface area contributed by atoms with Gasteiger partial charge >= 0.3 is 0 Å². The lowest BCUT2D eigenvalue weighted by Crippen LogP contribution is -2.00. The number of ketones is 1. The number of aromatic nitrogens is 2. The van der Waals surface area contributed by atoms with Gasteiger partial charge in [0, 0.05) is 17.8 Å². The van der Waals surface area contributed by atoms with Crippen LogP contribution >= 0.6 is 0 Å². The second-order valence-corrected chi connectivity index (χ2v) is 6.31. The predicted octanol–water partition coefficient (Wildman–Crippen LogP) is 4.94. The maximum Gasteiger partial charge on any atom is 0.189 e. The molecule has 3 rings (SSSR count). The van der Waals surface area contributed by atoms with E-state index < -0.39 is 0 Å². The van der Waals surface area contributed by atoms with Crippen molar-refractivity contribution in [2.45, 2.75) is 26.5 Å². The summed E-state index contributed by atoms with van der Waals surface area (Å²) in [5, 5.41) is 4.21. The second-order valence-electron chi connectivity index (χ2n) is 6.31. The van der Waals surface area contributed by atoms with Gasteiger partial charge in [0.25, 0.3) is 0 Å². The van der Waals surface area contributed by atoms with Crippen molar-refractivity contribution < 1.29 is 9.53 Å². The first-order chi connectivity index (χ1) is 12.6. The molecule has 0 fully saturated rings. The zero-order valence-corrected chi connectivity index (χ0v) is 15.0. The van der Waals surface area contributed by atoms with Crippen molar-refractivity contribution in [2.24, 2.45) is 0 Å². The van der Waals surface area contributed by atoms with E-state index in [4.69, 9.17) is 4.74 Å². The van der Waals surface area contributed by atoms with Crippen molar-refractivity contribution in [3.05, 3.63) is 89.8 Å². The van der Waals surface area contributed by atoms with Crippen LogP contribution in [0.4, 0.5) is 0 Å². The highest BCUT2D eigenvalue weighted by Gasteiger charge is 2.08. The maximum absolute atomic E-state index is 12.4. The van der Waals surface area contributed by atoms with E-state index in [9.17, 15) is 4.79 Å². The summed E-state index contributed by atoms with van der Waals surface area (Å²) in [4.78, 5) is 12.4. The van der Waals surface area contributed by atoms with Gasteiger partial charge in [-0.25, -0.2) is 0 Å². The number of ether oxygens (including phenoxy) is 1. The minimum atomic E-state index is -0.0743. The number of nitrogens with zero attached hydrogens (tertiary/aromatic N) is 2. The summed E-state index contributed by atoms with van der Waals surface area (Å²) in [6.07, 6.45) is 6.72. The summed E-state index contributed by atoms with van der Waals surface area (Å²) in [7, 11) is 0. The molecule has 2 aromatic carbocycles. The van der Waals surface area contributed by atoms with E-state index in [1.165, 1.54) is 0 Å². The first-order valence-corrected chi connectivity index (χ1v) is 8.66. The molecule has 3 aromatic rings. The lowest BCUT2D eigenvalue weighted by Gasteiger charge is -2.09. The standard InChI is InChI=1S/C22H22N2O2/c1-17(2)24-15-20(14-23-24)21(25)13-12-19-10-6-7-11-22(19)26-16-18-8-4-3-5-9-18/h3-15,17H,16H2,1-2H3/b13-12+. The van der Waals surface area contributed by atoms with Gasteiger partial charge in [-0.3, -0.25) is 9.48 Å². The normalized spacial score (nSPS) is 11.2. The SMILES string of the molecule is CC(C)n1cc(C(=O)/C=C/c2ccccc2OCc2ccccc2)cn1. The van der Waals surface area contributed by atoms with Crippen LogP contribution in [0.5, 0.6) is 5.75 Å². The topological polar surface area (TPSA) is 44.1 Å². The molecule has 0 saturated heterocycles. The average molecular weight is 346 g/mol. The zero-order chi connectivity index (χ0) is 18.4. The van der Waals surface area contributed by atoms with Crippen LogP contribution in [0.2, 0.25) is 0 Å². The van der Waals surface area contributed by atoms with Gasteiger partial charge in [-0.05, 0) is 37.6 Å². The van der Waals surface area contributed by atoms with Gasteiger partial charge in [-0.2, -0.15) is 5.10 Å². The Labute approximate surface area is 153 Å². The number of carbonyl (C=O) groups is 1. The quantitative estimate of drug-likeness (QED) is 0.450. The molecule has 0 aliphatic heterocycles. The molecule has 0 N–H and O–H groups in total. The van der Waals surface area contributed by atoms with Gasteiger partial charge in [-0.15, -0.1) is 0 Å². The van der Waals surface area contributed by atoms with E-state index in [-0.39, 0.29) is 11.8 Å². The van der Waals surface area contributed by atoms with E-state index in [2.05, 4.69) is 5.10 Å². The Kier molecular flexibility index (Phi) is 5.64. The largest absolute Gasteiger partial charge is 0.488 e. The number of para-hydroxylation sites is 1. The number of carbonyl (C=O) groups excluding carboxylic acids is 1. The maximum atomic E-state index is 12.4. The fourth-order valence-corrected chi connectivity index (χ4v) is 2.49. The molecule has 26 heavy (non-hydrogen) atoms. The summed E-state index contributed by atoms with van der Waals surface area (Å²) in [6.45, 7) is 4.54. The Morgan fingerprint density at radius 2 is 1.85 bits per heavy atom. The third-order valence-corrected chi connectivity index (χ3v) is 3.99. The van der Waals surface area contributed by atoms with Gasteiger partial charge in [0.05, 0.1) is 11.8 Å². The molecule has 0 aliphatic carbocycles. The lowest BCUT2D eigenvalue weighted by atomic mass is 10.1. The Bertz CT molecular complexity index is 895. The van der Waals surface area contributed by atoms with Crippen LogP contribution in [0, 0.1) is 0 Å². The molecule has 4 nitrogen and oxygen atoms in total. The molecule has 0 aliphatic rings. The van der Waals surface area contributed by atoms with Crippen molar-refractivity contribution in [3.63, 3.8) is 0 Å². The minimum Gasteiger partial charge on any atom is -0.488 e. The summed E-state index contributed by atoms with van der Waals surface area (Å²) >= 11 is 0. The molecule has 132 valence electrons. The summed E-state index contributed by atoms with van der Waals surface area (Å²) in [5.41, 5.74) is 2.55. The van der Waals surface area contributed by atoms with Gasteiger partial charge < -0.3 is 4.74 Å². The van der Waals surface area contributed by atoms with Crippen LogP contribution in [0.3, 0.4) is 0 Å². The van der Waals surface area contributed by atoms with Crippen molar-refractivity contribution in [2.75, 3.05) is 0 Å². The number of rotatable bonds is 7. The van der Waals surface area contributed by atoms with Crippen molar-refractivity contribution in [1.29, 1.82) is 0 Å². The lowest BCUT2D eigenvalue weighted by molar-refractivity contribution is 0.104. The molecular formula is C22H22N2O2. The minimum absolute atomic E-state index is 0.0743. The molecule has 0 bridgehead atoms. The van der Waals surface area contributed by atoms with Crippen molar-refractivity contribution >= 4 is 11.9 Å². The molecular weight excluding hydrogens is 324 g/mol. The van der Waals surface area contributed by atoms with E-state index in [0.717, 1.165) is 16.9 Å². The Morgan fingerprint density at radius 3 is 2.58 bits per heavy atom. The van der Waals surface area contributed by atoms with E-state index in [1.807, 2.05) is 68.4 Å². The second kappa shape index (κ2) is 8.30. The zero-order valence-electron chi connectivity index (χ0n) is 15.0. The highest BCUT2D eigenvalue weighted by atomic mass is 16.5. The Balaban J connectivity index is 1.70. The smallest absolute Gasteiger partial charge is 0.189 e. The van der Waals surface area contributed by atoms with Gasteiger partial charge in [0.2, 0.25) is 0 Å². The van der Waals surface area contributed by atoms with Crippen LogP contribution in [0.25, 0.3) is 6.08 Å². The molecule has 0 unspecified atom stereocenters. The number of benzene rings is 2. The monoisotopic (exact) mass is 346 g/mol. The highest BCUT2D eigenvalue weighted by Crippen LogP contribution is 2.21. The molecule has 1 heterocycles. The molecule has 0 atom stereocenters. The third kappa shape index (κ3) is 4.48. The van der Waals surface area contributed by atoms with Crippen LogP contribution < -0.4 is 4.74 Å². The number of hydrogen-bond donors (Lipinski definition) is 0. The van der Waals surface area contributed by atoms with Gasteiger partial charge in [-0.1, -0.05) is 48.5 Å².